The van der Waals surface area contributed by atoms with E-state index in [1.54, 1.807) is 18.7 Å². The van der Waals surface area contributed by atoms with Crippen LogP contribution in [-0.2, 0) is 6.54 Å². The molecule has 3 aromatic rings. The van der Waals surface area contributed by atoms with Crippen LogP contribution >= 0.6 is 24.0 Å². The second-order valence-corrected chi connectivity index (χ2v) is 6.38. The summed E-state index contributed by atoms with van der Waals surface area (Å²) in [6, 6.07) is 14.5. The minimum absolute atomic E-state index is 0. The normalized spacial score (nSPS) is 12.1. The number of aromatic nitrogens is 3. The van der Waals surface area contributed by atoms with Crippen molar-refractivity contribution in [2.24, 2.45) is 4.99 Å². The number of imidazole rings is 1. The summed E-state index contributed by atoms with van der Waals surface area (Å²) in [7, 11) is 0. The fourth-order valence-corrected chi connectivity index (χ4v) is 2.76. The van der Waals surface area contributed by atoms with Gasteiger partial charge in [-0.3, -0.25) is 4.57 Å². The lowest BCUT2D eigenvalue weighted by atomic mass is 10.0. The molecule has 2 N–H and O–H groups in total. The zero-order valence-corrected chi connectivity index (χ0v) is 18.6. The van der Waals surface area contributed by atoms with E-state index in [0.29, 0.717) is 12.5 Å². The Morgan fingerprint density at radius 1 is 1.14 bits per heavy atom. The van der Waals surface area contributed by atoms with Crippen molar-refractivity contribution < 1.29 is 0 Å². The molecular formula is C21H27IN6. The van der Waals surface area contributed by atoms with Gasteiger partial charge in [0.25, 0.3) is 0 Å². The van der Waals surface area contributed by atoms with Gasteiger partial charge in [-0.2, -0.15) is 0 Å². The molecule has 0 aliphatic rings. The highest BCUT2D eigenvalue weighted by atomic mass is 127. The number of benzene rings is 1. The van der Waals surface area contributed by atoms with E-state index in [0.717, 1.165) is 30.4 Å². The number of hydrogen-bond acceptors (Lipinski definition) is 3. The van der Waals surface area contributed by atoms with Gasteiger partial charge in [-0.25, -0.2) is 15.0 Å². The maximum absolute atomic E-state index is 4.71. The van der Waals surface area contributed by atoms with Crippen LogP contribution in [-0.4, -0.2) is 33.6 Å². The first-order valence-electron chi connectivity index (χ1n) is 9.26. The van der Waals surface area contributed by atoms with Gasteiger partial charge in [-0.05, 0) is 36.1 Å². The fraction of sp³-hybridized carbons (Fsp3) is 0.286. The highest BCUT2D eigenvalue weighted by molar-refractivity contribution is 14.0. The third-order valence-electron chi connectivity index (χ3n) is 4.29. The predicted octanol–water partition coefficient (Wildman–Crippen LogP) is 3.74. The molecule has 6 nitrogen and oxygen atoms in total. The van der Waals surface area contributed by atoms with Gasteiger partial charge in [0, 0.05) is 31.7 Å². The Morgan fingerprint density at radius 3 is 2.68 bits per heavy atom. The molecule has 0 radical (unpaired) electrons. The minimum atomic E-state index is 0. The molecule has 0 bridgehead atoms. The van der Waals surface area contributed by atoms with Gasteiger partial charge in [0.15, 0.2) is 5.96 Å². The number of nitrogens with zero attached hydrogens (tertiary/aromatic N) is 4. The quantitative estimate of drug-likeness (QED) is 0.301. The molecule has 0 aliphatic heterocycles. The summed E-state index contributed by atoms with van der Waals surface area (Å²) in [4.78, 5) is 13.2. The Morgan fingerprint density at radius 2 is 1.96 bits per heavy atom. The van der Waals surface area contributed by atoms with Crippen molar-refractivity contribution in [2.75, 3.05) is 13.1 Å². The van der Waals surface area contributed by atoms with Gasteiger partial charge in [0.1, 0.15) is 12.1 Å². The third kappa shape index (κ3) is 6.33. The van der Waals surface area contributed by atoms with Gasteiger partial charge < -0.3 is 10.6 Å². The first kappa shape index (κ1) is 21.9. The Bertz CT molecular complexity index is 848. The summed E-state index contributed by atoms with van der Waals surface area (Å²) in [5.74, 6) is 2.07. The topological polar surface area (TPSA) is 67.1 Å². The monoisotopic (exact) mass is 490 g/mol. The van der Waals surface area contributed by atoms with E-state index in [4.69, 9.17) is 4.99 Å². The van der Waals surface area contributed by atoms with Crippen LogP contribution in [0.25, 0.3) is 5.82 Å². The molecule has 0 aliphatic carbocycles. The molecule has 3 rings (SSSR count). The molecule has 1 atom stereocenters. The lowest BCUT2D eigenvalue weighted by molar-refractivity contribution is 0.699. The molecule has 2 heterocycles. The molecule has 148 valence electrons. The largest absolute Gasteiger partial charge is 0.357 e. The van der Waals surface area contributed by atoms with Gasteiger partial charge in [0.2, 0.25) is 0 Å². The Labute approximate surface area is 183 Å². The van der Waals surface area contributed by atoms with Crippen molar-refractivity contribution in [3.63, 3.8) is 0 Å². The summed E-state index contributed by atoms with van der Waals surface area (Å²) >= 11 is 0. The van der Waals surface area contributed by atoms with Crippen molar-refractivity contribution in [2.45, 2.75) is 26.3 Å². The predicted molar refractivity (Wildman–Crippen MR) is 124 cm³/mol. The zero-order chi connectivity index (χ0) is 18.9. The highest BCUT2D eigenvalue weighted by Crippen LogP contribution is 2.13. The van der Waals surface area contributed by atoms with E-state index < -0.39 is 0 Å². The number of aliphatic imine (C=N–C) groups is 1. The molecule has 2 aromatic heterocycles. The van der Waals surface area contributed by atoms with Crippen molar-refractivity contribution in [1.29, 1.82) is 0 Å². The number of halogens is 1. The van der Waals surface area contributed by atoms with E-state index in [2.05, 4.69) is 58.7 Å². The standard InChI is InChI=1S/C21H26N6.HI/c1-3-23-21(25-14-17(2)19-7-5-4-6-8-19)26-15-18-9-10-24-20(13-18)27-12-11-22-16-27;/h4-13,16-17H,3,14-15H2,1-2H3,(H2,23,25,26);1H. The van der Waals surface area contributed by atoms with Crippen LogP contribution in [0, 0.1) is 0 Å². The third-order valence-corrected chi connectivity index (χ3v) is 4.29. The summed E-state index contributed by atoms with van der Waals surface area (Å²) < 4.78 is 1.89. The summed E-state index contributed by atoms with van der Waals surface area (Å²) in [6.07, 6.45) is 7.17. The Kier molecular flexibility index (Phi) is 8.93. The van der Waals surface area contributed by atoms with Gasteiger partial charge >= 0.3 is 0 Å². The van der Waals surface area contributed by atoms with Gasteiger partial charge in [-0.15, -0.1) is 24.0 Å². The van der Waals surface area contributed by atoms with Crippen molar-refractivity contribution >= 4 is 29.9 Å². The van der Waals surface area contributed by atoms with Gasteiger partial charge in [-0.1, -0.05) is 37.3 Å². The second kappa shape index (κ2) is 11.4. The number of pyridine rings is 1. The van der Waals surface area contributed by atoms with Crippen molar-refractivity contribution in [3.8, 4) is 5.82 Å². The molecule has 0 spiro atoms. The van der Waals surface area contributed by atoms with Gasteiger partial charge in [0.05, 0.1) is 6.54 Å². The average molecular weight is 490 g/mol. The molecule has 1 unspecified atom stereocenters. The number of nitrogens with one attached hydrogen (secondary N) is 2. The van der Waals surface area contributed by atoms with Crippen LogP contribution in [0.4, 0.5) is 0 Å². The first-order chi connectivity index (χ1) is 13.3. The lowest BCUT2D eigenvalue weighted by Crippen LogP contribution is -2.39. The fourth-order valence-electron chi connectivity index (χ4n) is 2.76. The molecule has 0 amide bonds. The summed E-state index contributed by atoms with van der Waals surface area (Å²) in [5, 5.41) is 6.75. The zero-order valence-electron chi connectivity index (χ0n) is 16.2. The second-order valence-electron chi connectivity index (χ2n) is 6.38. The van der Waals surface area contributed by atoms with Crippen LogP contribution in [0.15, 0.2) is 72.4 Å². The first-order valence-corrected chi connectivity index (χ1v) is 9.26. The van der Waals surface area contributed by atoms with Crippen molar-refractivity contribution in [3.05, 3.63) is 78.5 Å². The van der Waals surface area contributed by atoms with Crippen LogP contribution in [0.1, 0.15) is 30.9 Å². The SMILES string of the molecule is CCNC(=NCc1ccnc(-n2ccnc2)c1)NCC(C)c1ccccc1.I. The molecule has 0 fully saturated rings. The molecule has 7 heteroatoms. The van der Waals surface area contributed by atoms with Crippen LogP contribution in [0.2, 0.25) is 0 Å². The van der Waals surface area contributed by atoms with Crippen LogP contribution in [0.5, 0.6) is 0 Å². The molecule has 1 aromatic carbocycles. The van der Waals surface area contributed by atoms with E-state index >= 15 is 0 Å². The molecule has 0 saturated carbocycles. The average Bonchev–Trinajstić information content (AvgIpc) is 3.26. The molecular weight excluding hydrogens is 463 g/mol. The van der Waals surface area contributed by atoms with Crippen LogP contribution in [0.3, 0.4) is 0 Å². The smallest absolute Gasteiger partial charge is 0.191 e. The summed E-state index contributed by atoms with van der Waals surface area (Å²) in [5.41, 5.74) is 2.42. The van der Waals surface area contributed by atoms with E-state index in [9.17, 15) is 0 Å². The molecule has 0 saturated heterocycles. The minimum Gasteiger partial charge on any atom is -0.357 e. The van der Waals surface area contributed by atoms with E-state index in [1.807, 2.05) is 29.0 Å². The maximum atomic E-state index is 4.71. The van der Waals surface area contributed by atoms with E-state index in [1.165, 1.54) is 5.56 Å². The lowest BCUT2D eigenvalue weighted by Gasteiger charge is -2.16. The number of rotatable bonds is 7. The Balaban J connectivity index is 0.00000280. The van der Waals surface area contributed by atoms with Crippen molar-refractivity contribution in [1.82, 2.24) is 25.2 Å². The highest BCUT2D eigenvalue weighted by Gasteiger charge is 2.06. The number of hydrogen-bond donors (Lipinski definition) is 2. The molecule has 28 heavy (non-hydrogen) atoms. The summed E-state index contributed by atoms with van der Waals surface area (Å²) in [6.45, 7) is 6.52. The Hall–Kier alpha value is -2.42. The maximum Gasteiger partial charge on any atom is 0.191 e. The van der Waals surface area contributed by atoms with E-state index in [-0.39, 0.29) is 24.0 Å². The number of guanidine groups is 1. The van der Waals surface area contributed by atoms with Crippen LogP contribution < -0.4 is 10.6 Å².